The molecule has 0 aliphatic rings. The van der Waals surface area contributed by atoms with E-state index in [1.165, 1.54) is 20.2 Å². The van der Waals surface area contributed by atoms with Gasteiger partial charge in [0.05, 0.1) is 10.9 Å². The number of hydrogen-bond donors (Lipinski definition) is 0. The molecule has 0 aliphatic heterocycles. The van der Waals surface area contributed by atoms with Crippen LogP contribution in [-0.2, 0) is 10.9 Å². The molecule has 0 aromatic heterocycles. The zero-order chi connectivity index (χ0) is 20.2. The SMILES string of the molecule is Cc1ccccc1[S+](c1ccccc1)c1ccccc1.[F][Sb-]([F])([F])([F])([F])[F]. The quantitative estimate of drug-likeness (QED) is 0.197. The van der Waals surface area contributed by atoms with Gasteiger partial charge >= 0.3 is 36.4 Å². The molecule has 146 valence electrons. The van der Waals surface area contributed by atoms with E-state index in [1.807, 2.05) is 0 Å². The van der Waals surface area contributed by atoms with Crippen LogP contribution in [-0.4, -0.2) is 19.5 Å². The van der Waals surface area contributed by atoms with Gasteiger partial charge in [-0.1, -0.05) is 54.6 Å². The van der Waals surface area contributed by atoms with Gasteiger partial charge in [0.15, 0.2) is 14.7 Å². The molecule has 3 aromatic rings. The van der Waals surface area contributed by atoms with E-state index in [4.69, 9.17) is 0 Å². The molecular weight excluding hydrogens is 496 g/mol. The molecule has 0 saturated heterocycles. The van der Waals surface area contributed by atoms with Crippen molar-refractivity contribution in [2.75, 3.05) is 0 Å². The molecule has 0 nitrogen and oxygen atoms in total. The maximum absolute atomic E-state index is 11.2. The van der Waals surface area contributed by atoms with E-state index in [2.05, 4.69) is 91.9 Å². The van der Waals surface area contributed by atoms with Crippen LogP contribution in [0, 0.1) is 6.92 Å². The molecule has 27 heavy (non-hydrogen) atoms. The predicted molar refractivity (Wildman–Crippen MR) is 98.6 cm³/mol. The third kappa shape index (κ3) is 8.76. The molecule has 8 heteroatoms. The van der Waals surface area contributed by atoms with Crippen molar-refractivity contribution in [2.24, 2.45) is 0 Å². The predicted octanol–water partition coefficient (Wildman–Crippen LogP) is 7.23. The van der Waals surface area contributed by atoms with Gasteiger partial charge in [0.1, 0.15) is 0 Å². The molecule has 0 atom stereocenters. The van der Waals surface area contributed by atoms with Crippen LogP contribution < -0.4 is 0 Å². The van der Waals surface area contributed by atoms with Gasteiger partial charge in [-0.25, -0.2) is 0 Å². The van der Waals surface area contributed by atoms with Crippen LogP contribution in [0.4, 0.5) is 16.9 Å². The van der Waals surface area contributed by atoms with E-state index >= 15 is 0 Å². The summed E-state index contributed by atoms with van der Waals surface area (Å²) < 4.78 is 59.6. The van der Waals surface area contributed by atoms with Gasteiger partial charge in [0.2, 0.25) is 0 Å². The minimum atomic E-state index is -11.2. The average molecular weight is 513 g/mol. The molecule has 0 spiro atoms. The first kappa shape index (κ1) is 21.7. The monoisotopic (exact) mass is 512 g/mol. The Hall–Kier alpha value is -1.59. The summed E-state index contributed by atoms with van der Waals surface area (Å²) in [5.74, 6) is 0. The molecule has 3 aromatic carbocycles. The zero-order valence-electron chi connectivity index (χ0n) is 14.2. The van der Waals surface area contributed by atoms with Crippen molar-refractivity contribution >= 4 is 30.4 Å². The Kier molecular flexibility index (Phi) is 5.98. The summed E-state index contributed by atoms with van der Waals surface area (Å²) in [6, 6.07) is 30.2. The van der Waals surface area contributed by atoms with Crippen molar-refractivity contribution in [1.29, 1.82) is 0 Å². The first-order chi connectivity index (χ1) is 12.3. The third-order valence-corrected chi connectivity index (χ3v) is 5.66. The van der Waals surface area contributed by atoms with Crippen LogP contribution in [0.2, 0.25) is 0 Å². The molecule has 0 aliphatic carbocycles. The first-order valence-electron chi connectivity index (χ1n) is 7.78. The Labute approximate surface area is 159 Å². The Balaban J connectivity index is 0.000000321. The fourth-order valence-electron chi connectivity index (χ4n) is 2.29. The summed E-state index contributed by atoms with van der Waals surface area (Å²) in [7, 11) is -0.0262. The van der Waals surface area contributed by atoms with Gasteiger partial charge in [-0.15, -0.1) is 0 Å². The molecule has 3 rings (SSSR count). The van der Waals surface area contributed by atoms with Gasteiger partial charge in [-0.05, 0) is 37.3 Å². The van der Waals surface area contributed by atoms with E-state index in [0.717, 1.165) is 0 Å². The van der Waals surface area contributed by atoms with Crippen LogP contribution in [0.5, 0.6) is 0 Å². The van der Waals surface area contributed by atoms with E-state index < -0.39 is 19.5 Å². The third-order valence-electron chi connectivity index (χ3n) is 3.27. The molecule has 0 N–H and O–H groups in total. The summed E-state index contributed by atoms with van der Waals surface area (Å²) >= 11 is -11.2. The second-order valence-electron chi connectivity index (χ2n) is 5.66. The number of rotatable bonds is 3. The van der Waals surface area contributed by atoms with E-state index in [0.29, 0.717) is 0 Å². The van der Waals surface area contributed by atoms with Gasteiger partial charge in [-0.2, -0.15) is 0 Å². The second kappa shape index (κ2) is 7.44. The van der Waals surface area contributed by atoms with Crippen molar-refractivity contribution in [1.82, 2.24) is 0 Å². The summed E-state index contributed by atoms with van der Waals surface area (Å²) in [4.78, 5) is 4.14. The Morgan fingerprint density at radius 3 is 1.26 bits per heavy atom. The van der Waals surface area contributed by atoms with Gasteiger partial charge in [-0.3, -0.25) is 0 Å². The van der Waals surface area contributed by atoms with Crippen molar-refractivity contribution in [3.8, 4) is 0 Å². The van der Waals surface area contributed by atoms with Crippen molar-refractivity contribution < 1.29 is 16.9 Å². The normalized spacial score (nSPS) is 13.9. The molecule has 0 amide bonds. The number of halogens is 6. The molecule has 0 radical (unpaired) electrons. The zero-order valence-corrected chi connectivity index (χ0v) is 17.6. The average Bonchev–Trinajstić information content (AvgIpc) is 2.56. The van der Waals surface area contributed by atoms with Crippen LogP contribution in [0.3, 0.4) is 0 Å². The van der Waals surface area contributed by atoms with Crippen molar-refractivity contribution in [2.45, 2.75) is 21.6 Å². The first-order valence-corrected chi connectivity index (χ1v) is 14.8. The van der Waals surface area contributed by atoms with Crippen LogP contribution >= 0.6 is 0 Å². The number of aryl methyl sites for hydroxylation is 1. The Morgan fingerprint density at radius 2 is 0.889 bits per heavy atom. The standard InChI is InChI=1S/C19H17S.6FH.Sb/c1-16-10-8-9-15-19(16)20(17-11-4-2-5-12-17)18-13-6-3-7-14-18;;;;;;;/h2-15H,1H3;6*1H;/q+1;;;;;;;+5/p-6. The van der Waals surface area contributed by atoms with Crippen molar-refractivity contribution in [3.05, 3.63) is 90.5 Å². The molecule has 0 saturated carbocycles. The van der Waals surface area contributed by atoms with Crippen LogP contribution in [0.25, 0.3) is 0 Å². The molecule has 0 bridgehead atoms. The molecule has 0 fully saturated rings. The van der Waals surface area contributed by atoms with Crippen molar-refractivity contribution in [3.63, 3.8) is 0 Å². The van der Waals surface area contributed by atoms with Gasteiger partial charge in [0.25, 0.3) is 0 Å². The summed E-state index contributed by atoms with van der Waals surface area (Å²) in [6.45, 7) is 2.20. The minimum absolute atomic E-state index is 0.0262. The van der Waals surface area contributed by atoms with Gasteiger partial charge < -0.3 is 0 Å². The fraction of sp³-hybridized carbons (Fsp3) is 0.0526. The van der Waals surface area contributed by atoms with E-state index in [-0.39, 0.29) is 10.9 Å². The van der Waals surface area contributed by atoms with E-state index in [9.17, 15) is 16.9 Å². The molecule has 0 unspecified atom stereocenters. The number of benzene rings is 3. The van der Waals surface area contributed by atoms with Crippen LogP contribution in [0.1, 0.15) is 5.56 Å². The topological polar surface area (TPSA) is 0 Å². The summed E-state index contributed by atoms with van der Waals surface area (Å²) in [6.07, 6.45) is 0. The van der Waals surface area contributed by atoms with E-state index in [1.54, 1.807) is 0 Å². The summed E-state index contributed by atoms with van der Waals surface area (Å²) in [5.41, 5.74) is 1.35. The molecule has 0 heterocycles. The van der Waals surface area contributed by atoms with Gasteiger partial charge in [0, 0.05) is 5.56 Å². The second-order valence-corrected chi connectivity index (χ2v) is 13.1. The molecular formula is C19H17F6SSb. The fourth-order valence-corrected chi connectivity index (χ4v) is 4.53. The Morgan fingerprint density at radius 1 is 0.556 bits per heavy atom. The number of hydrogen-bond acceptors (Lipinski definition) is 0. The van der Waals surface area contributed by atoms with Crippen LogP contribution in [0.15, 0.2) is 99.6 Å². The maximum atomic E-state index is 9.93. The summed E-state index contributed by atoms with van der Waals surface area (Å²) in [5, 5.41) is 0. The Bertz CT molecular complexity index is 830.